The van der Waals surface area contributed by atoms with Gasteiger partial charge in [0.05, 0.1) is 0 Å². The fraction of sp³-hybridized carbons (Fsp3) is 0.636. The van der Waals surface area contributed by atoms with Crippen LogP contribution in [0.15, 0.2) is 17.7 Å². The first-order valence-electron chi connectivity index (χ1n) is 4.35. The van der Waals surface area contributed by atoms with Crippen LogP contribution in [0.5, 0.6) is 0 Å². The third-order valence-electron chi connectivity index (χ3n) is 2.14. The Morgan fingerprint density at radius 1 is 1.29 bits per heavy atom. The molecule has 1 atom stereocenters. The predicted octanol–water partition coefficient (Wildman–Crippen LogP) is -2.64. The monoisotopic (exact) mass is 309 g/mol. The van der Waals surface area contributed by atoms with Crippen molar-refractivity contribution in [1.82, 2.24) is 0 Å². The van der Waals surface area contributed by atoms with Crippen LogP contribution in [0.2, 0.25) is 0 Å². The van der Waals surface area contributed by atoms with Gasteiger partial charge in [-0.05, 0) is 0 Å². The van der Waals surface area contributed by atoms with Crippen molar-refractivity contribution in [3.63, 3.8) is 0 Å². The zero-order chi connectivity index (χ0) is 8.48. The van der Waals surface area contributed by atoms with Crippen LogP contribution in [-0.4, -0.2) is 0 Å². The summed E-state index contributed by atoms with van der Waals surface area (Å²) in [7, 11) is 0. The van der Waals surface area contributed by atoms with E-state index in [0.29, 0.717) is 11.3 Å². The fourth-order valence-electron chi connectivity index (χ4n) is 1.21. The van der Waals surface area contributed by atoms with Gasteiger partial charge in [0.1, 0.15) is 0 Å². The van der Waals surface area contributed by atoms with Gasteiger partial charge in [0, 0.05) is 0 Å². The average Bonchev–Trinajstić information content (AvgIpc) is 2.32. The fourth-order valence-corrected chi connectivity index (χ4v) is 1.21. The van der Waals surface area contributed by atoms with Gasteiger partial charge in [-0.15, -0.1) is 0 Å². The van der Waals surface area contributed by atoms with Crippen LogP contribution < -0.4 is 24.8 Å². The van der Waals surface area contributed by atoms with Crippen molar-refractivity contribution in [3.05, 3.63) is 23.8 Å². The predicted molar refractivity (Wildman–Crippen MR) is 49.1 cm³/mol. The molecular weight excluding hydrogens is 294 g/mol. The molecule has 1 radical (unpaired) electrons. The average molecular weight is 311 g/mol. The van der Waals surface area contributed by atoms with E-state index in [-0.39, 0.29) is 51.0 Å². The van der Waals surface area contributed by atoms with E-state index in [2.05, 4.69) is 45.9 Å². The Balaban J connectivity index is -0.000000403. The van der Waals surface area contributed by atoms with Crippen LogP contribution in [0, 0.1) is 17.4 Å². The molecule has 1 rings (SSSR count). The van der Waals surface area contributed by atoms with E-state index in [4.69, 9.17) is 0 Å². The molecule has 0 saturated carbocycles. The van der Waals surface area contributed by atoms with Crippen molar-refractivity contribution in [3.8, 4) is 0 Å². The summed E-state index contributed by atoms with van der Waals surface area (Å²) in [5, 5.41) is 0. The van der Waals surface area contributed by atoms with E-state index in [1.807, 2.05) is 0 Å². The van der Waals surface area contributed by atoms with Gasteiger partial charge in [0.15, 0.2) is 0 Å². The summed E-state index contributed by atoms with van der Waals surface area (Å²) in [6.07, 6.45) is 9.00. The minimum Gasteiger partial charge on any atom is -1.00 e. The standard InChI is InChI=1S/C11H17.2ClH.Zr/c1-5-9-6-7-10(8-9)11(2,3)4;;;/h7-9H,5H2,1-4H3;2*1H;/q-1;;;+3/p-2. The molecule has 0 heterocycles. The zero-order valence-corrected chi connectivity index (χ0v) is 13.2. The quantitative estimate of drug-likeness (QED) is 0.465. The van der Waals surface area contributed by atoms with Crippen molar-refractivity contribution < 1.29 is 51.0 Å². The summed E-state index contributed by atoms with van der Waals surface area (Å²) in [6.45, 7) is 8.94. The van der Waals surface area contributed by atoms with Crippen LogP contribution in [0.25, 0.3) is 0 Å². The van der Waals surface area contributed by atoms with E-state index in [1.54, 1.807) is 0 Å². The molecule has 0 N–H and O–H groups in total. The number of halogens is 2. The largest absolute Gasteiger partial charge is 3.00 e. The summed E-state index contributed by atoms with van der Waals surface area (Å²) < 4.78 is 0. The van der Waals surface area contributed by atoms with Crippen LogP contribution in [0.1, 0.15) is 34.1 Å². The number of hydrogen-bond donors (Lipinski definition) is 0. The van der Waals surface area contributed by atoms with Crippen molar-refractivity contribution in [2.24, 2.45) is 11.3 Å². The third kappa shape index (κ3) is 5.73. The second-order valence-corrected chi connectivity index (χ2v) is 4.20. The number of hydrogen-bond acceptors (Lipinski definition) is 0. The van der Waals surface area contributed by atoms with Crippen LogP contribution >= 0.6 is 0 Å². The number of allylic oxidation sites excluding steroid dienone is 4. The van der Waals surface area contributed by atoms with Crippen LogP contribution in [0.3, 0.4) is 0 Å². The molecule has 0 fully saturated rings. The minimum absolute atomic E-state index is 0. The van der Waals surface area contributed by atoms with Crippen LogP contribution in [-0.2, 0) is 26.2 Å². The Morgan fingerprint density at radius 3 is 2.00 bits per heavy atom. The summed E-state index contributed by atoms with van der Waals surface area (Å²) in [6, 6.07) is 0. The molecule has 0 bridgehead atoms. The van der Waals surface area contributed by atoms with Gasteiger partial charge in [0.2, 0.25) is 0 Å². The van der Waals surface area contributed by atoms with Crippen molar-refractivity contribution >= 4 is 0 Å². The van der Waals surface area contributed by atoms with E-state index in [1.165, 1.54) is 12.0 Å². The Kier molecular flexibility index (Phi) is 11.8. The number of rotatable bonds is 1. The molecule has 0 aromatic heterocycles. The Bertz CT molecular complexity index is 202. The van der Waals surface area contributed by atoms with E-state index < -0.39 is 0 Å². The molecule has 0 amide bonds. The maximum atomic E-state index is 3.35. The molecule has 3 heteroatoms. The molecule has 0 aromatic rings. The van der Waals surface area contributed by atoms with Crippen molar-refractivity contribution in [2.45, 2.75) is 34.1 Å². The van der Waals surface area contributed by atoms with E-state index in [0.717, 1.165) is 0 Å². The molecule has 1 aliphatic rings. The first-order chi connectivity index (χ1) is 5.04. The summed E-state index contributed by atoms with van der Waals surface area (Å²) in [4.78, 5) is 0. The summed E-state index contributed by atoms with van der Waals surface area (Å²) in [5.74, 6) is 0.573. The minimum atomic E-state index is 0. The normalized spacial score (nSPS) is 18.9. The summed E-state index contributed by atoms with van der Waals surface area (Å²) >= 11 is 0. The maximum absolute atomic E-state index is 3.35. The second kappa shape index (κ2) is 8.14. The Morgan fingerprint density at radius 2 is 1.79 bits per heavy atom. The van der Waals surface area contributed by atoms with Gasteiger partial charge >= 0.3 is 26.2 Å². The van der Waals surface area contributed by atoms with E-state index >= 15 is 0 Å². The molecule has 79 valence electrons. The van der Waals surface area contributed by atoms with Gasteiger partial charge in [-0.25, -0.2) is 6.08 Å². The molecule has 14 heavy (non-hydrogen) atoms. The molecule has 0 spiro atoms. The first-order valence-corrected chi connectivity index (χ1v) is 4.35. The van der Waals surface area contributed by atoms with Gasteiger partial charge in [0.25, 0.3) is 0 Å². The first kappa shape index (κ1) is 20.4. The van der Waals surface area contributed by atoms with Crippen LogP contribution in [0.4, 0.5) is 0 Å². The summed E-state index contributed by atoms with van der Waals surface area (Å²) in [5.41, 5.74) is 1.74. The Hall–Kier alpha value is 0.943. The van der Waals surface area contributed by atoms with Gasteiger partial charge in [-0.2, -0.15) is 11.6 Å². The molecule has 0 aliphatic heterocycles. The molecule has 0 aromatic carbocycles. The molecule has 0 nitrogen and oxygen atoms in total. The van der Waals surface area contributed by atoms with Crippen molar-refractivity contribution in [2.75, 3.05) is 0 Å². The van der Waals surface area contributed by atoms with Gasteiger partial charge in [-0.3, -0.25) is 6.08 Å². The smallest absolute Gasteiger partial charge is 1.00 e. The van der Waals surface area contributed by atoms with Gasteiger partial charge in [-0.1, -0.05) is 45.4 Å². The zero-order valence-electron chi connectivity index (χ0n) is 9.20. The van der Waals surface area contributed by atoms with E-state index in [9.17, 15) is 0 Å². The molecule has 1 aliphatic carbocycles. The molecular formula is C11H17Cl2Zr. The van der Waals surface area contributed by atoms with Gasteiger partial charge < -0.3 is 24.8 Å². The second-order valence-electron chi connectivity index (χ2n) is 4.20. The molecule has 1 unspecified atom stereocenters. The third-order valence-corrected chi connectivity index (χ3v) is 2.14. The molecule has 0 saturated heterocycles. The Labute approximate surface area is 120 Å². The topological polar surface area (TPSA) is 0 Å². The van der Waals surface area contributed by atoms with Crippen molar-refractivity contribution in [1.29, 1.82) is 0 Å². The maximum Gasteiger partial charge on any atom is 3.00 e. The SMILES string of the molecule is CCC1[C-]=CC(C(C)(C)C)=C1.[Cl-].[Cl-].[Zr+3].